The number of hydrogen-bond donors (Lipinski definition) is 2. The summed E-state index contributed by atoms with van der Waals surface area (Å²) >= 11 is 0. The zero-order valence-corrected chi connectivity index (χ0v) is 10.9. The van der Waals surface area contributed by atoms with E-state index in [0.717, 1.165) is 49.1 Å². The summed E-state index contributed by atoms with van der Waals surface area (Å²) in [5.41, 5.74) is 2.20. The molecule has 0 radical (unpaired) electrons. The van der Waals surface area contributed by atoms with E-state index in [1.165, 1.54) is 0 Å². The van der Waals surface area contributed by atoms with Crippen LogP contribution in [0.25, 0.3) is 10.9 Å². The molecule has 2 aromatic rings. The van der Waals surface area contributed by atoms with E-state index in [9.17, 15) is 5.26 Å². The van der Waals surface area contributed by atoms with Gasteiger partial charge in [0.2, 0.25) is 0 Å². The highest BCUT2D eigenvalue weighted by molar-refractivity contribution is 5.83. The Morgan fingerprint density at radius 2 is 2.11 bits per heavy atom. The smallest absolute Gasteiger partial charge is 0.125 e. The third-order valence-corrected chi connectivity index (χ3v) is 3.78. The second-order valence-corrected chi connectivity index (χ2v) is 4.96. The molecule has 1 aliphatic heterocycles. The molecule has 0 spiro atoms. The summed E-state index contributed by atoms with van der Waals surface area (Å²) in [4.78, 5) is 5.54. The van der Waals surface area contributed by atoms with Crippen molar-refractivity contribution in [3.63, 3.8) is 0 Å². The Bertz CT molecular complexity index is 587. The number of benzene rings is 1. The van der Waals surface area contributed by atoms with Crippen molar-refractivity contribution in [2.45, 2.75) is 12.5 Å². The van der Waals surface area contributed by atoms with Crippen LogP contribution in [0.15, 0.2) is 30.5 Å². The number of fused-ring (bicyclic) bond motifs is 1. The summed E-state index contributed by atoms with van der Waals surface area (Å²) in [6, 6.07) is 10.5. The first-order valence-corrected chi connectivity index (χ1v) is 6.80. The summed E-state index contributed by atoms with van der Waals surface area (Å²) in [6.45, 7) is 3.91. The molecule has 3 rings (SSSR count). The van der Waals surface area contributed by atoms with Crippen LogP contribution >= 0.6 is 0 Å². The van der Waals surface area contributed by atoms with Crippen LogP contribution in [-0.4, -0.2) is 36.1 Å². The zero-order chi connectivity index (χ0) is 13.1. The summed E-state index contributed by atoms with van der Waals surface area (Å²) in [5.74, 6) is 0. The molecule has 0 saturated carbocycles. The molecule has 1 atom stereocenters. The Morgan fingerprint density at radius 1 is 1.21 bits per heavy atom. The molecule has 1 fully saturated rings. The van der Waals surface area contributed by atoms with Crippen molar-refractivity contribution in [2.24, 2.45) is 0 Å². The Kier molecular flexibility index (Phi) is 3.49. The molecule has 2 heterocycles. The maximum atomic E-state index is 9.58. The quantitative estimate of drug-likeness (QED) is 0.862. The van der Waals surface area contributed by atoms with Crippen LogP contribution in [0, 0.1) is 11.3 Å². The normalized spacial score (nSPS) is 18.9. The molecule has 1 aromatic carbocycles. The molecule has 0 aliphatic carbocycles. The second kappa shape index (κ2) is 5.43. The molecule has 0 amide bonds. The molecule has 1 aliphatic rings. The lowest BCUT2D eigenvalue weighted by Gasteiger charge is -2.24. The van der Waals surface area contributed by atoms with E-state index in [0.29, 0.717) is 0 Å². The van der Waals surface area contributed by atoms with Crippen molar-refractivity contribution in [3.8, 4) is 6.07 Å². The van der Waals surface area contributed by atoms with Crippen molar-refractivity contribution in [1.82, 2.24) is 15.2 Å². The third kappa shape index (κ3) is 2.35. The van der Waals surface area contributed by atoms with Gasteiger partial charge in [0.25, 0.3) is 0 Å². The van der Waals surface area contributed by atoms with Crippen molar-refractivity contribution in [1.29, 1.82) is 5.26 Å². The van der Waals surface area contributed by atoms with Crippen molar-refractivity contribution in [2.75, 3.05) is 26.2 Å². The average Bonchev–Trinajstić information content (AvgIpc) is 2.69. The van der Waals surface area contributed by atoms with Crippen LogP contribution in [0.5, 0.6) is 0 Å². The maximum absolute atomic E-state index is 9.58. The van der Waals surface area contributed by atoms with Crippen LogP contribution in [0.2, 0.25) is 0 Å². The van der Waals surface area contributed by atoms with Gasteiger partial charge in [0.15, 0.2) is 0 Å². The van der Waals surface area contributed by atoms with Gasteiger partial charge >= 0.3 is 0 Å². The van der Waals surface area contributed by atoms with Gasteiger partial charge in [0, 0.05) is 42.3 Å². The lowest BCUT2D eigenvalue weighted by atomic mass is 10.1. The summed E-state index contributed by atoms with van der Waals surface area (Å²) in [6.07, 6.45) is 3.08. The SMILES string of the molecule is N#CC(c1c[nH]c2ccccc12)N1CCCNCC1. The van der Waals surface area contributed by atoms with Crippen LogP contribution < -0.4 is 5.32 Å². The minimum Gasteiger partial charge on any atom is -0.361 e. The largest absolute Gasteiger partial charge is 0.361 e. The van der Waals surface area contributed by atoms with Gasteiger partial charge in [-0.05, 0) is 19.0 Å². The van der Waals surface area contributed by atoms with E-state index in [-0.39, 0.29) is 6.04 Å². The molecule has 1 saturated heterocycles. The van der Waals surface area contributed by atoms with Gasteiger partial charge in [0.1, 0.15) is 6.04 Å². The standard InChI is InChI=1S/C15H18N4/c16-10-15(19-8-3-6-17-7-9-19)13-11-18-14-5-2-1-4-12(13)14/h1-2,4-5,11,15,17-18H,3,6-9H2. The van der Waals surface area contributed by atoms with Crippen LogP contribution in [0.1, 0.15) is 18.0 Å². The fourth-order valence-electron chi connectivity index (χ4n) is 2.79. The number of nitrogens with one attached hydrogen (secondary N) is 2. The first-order valence-electron chi connectivity index (χ1n) is 6.80. The lowest BCUT2D eigenvalue weighted by Crippen LogP contribution is -2.31. The third-order valence-electron chi connectivity index (χ3n) is 3.78. The van der Waals surface area contributed by atoms with Crippen LogP contribution in [0.4, 0.5) is 0 Å². The van der Waals surface area contributed by atoms with Gasteiger partial charge in [-0.3, -0.25) is 4.90 Å². The summed E-state index contributed by atoms with van der Waals surface area (Å²) in [5, 5.41) is 14.1. The van der Waals surface area contributed by atoms with Crippen molar-refractivity contribution in [3.05, 3.63) is 36.0 Å². The van der Waals surface area contributed by atoms with E-state index in [4.69, 9.17) is 0 Å². The lowest BCUT2D eigenvalue weighted by molar-refractivity contribution is 0.253. The molecule has 19 heavy (non-hydrogen) atoms. The number of H-pyrrole nitrogens is 1. The molecule has 4 nitrogen and oxygen atoms in total. The van der Waals surface area contributed by atoms with Gasteiger partial charge in [-0.2, -0.15) is 5.26 Å². The topological polar surface area (TPSA) is 54.9 Å². The minimum absolute atomic E-state index is 0.156. The predicted octanol–water partition coefficient (Wildman–Crippen LogP) is 2.03. The molecule has 4 heteroatoms. The molecule has 0 bridgehead atoms. The Balaban J connectivity index is 1.95. The van der Waals surface area contributed by atoms with E-state index in [1.807, 2.05) is 18.3 Å². The van der Waals surface area contributed by atoms with Gasteiger partial charge in [-0.1, -0.05) is 18.2 Å². The number of hydrogen-bond acceptors (Lipinski definition) is 3. The predicted molar refractivity (Wildman–Crippen MR) is 75.7 cm³/mol. The highest BCUT2D eigenvalue weighted by Crippen LogP contribution is 2.28. The van der Waals surface area contributed by atoms with Crippen molar-refractivity contribution >= 4 is 10.9 Å². The van der Waals surface area contributed by atoms with Gasteiger partial charge < -0.3 is 10.3 Å². The van der Waals surface area contributed by atoms with Crippen LogP contribution in [0.3, 0.4) is 0 Å². The molecule has 2 N–H and O–H groups in total. The van der Waals surface area contributed by atoms with Gasteiger partial charge in [0.05, 0.1) is 6.07 Å². The van der Waals surface area contributed by atoms with E-state index in [1.54, 1.807) is 0 Å². The summed E-state index contributed by atoms with van der Waals surface area (Å²) in [7, 11) is 0. The molecular weight excluding hydrogens is 236 g/mol. The fourth-order valence-corrected chi connectivity index (χ4v) is 2.79. The maximum Gasteiger partial charge on any atom is 0.125 e. The van der Waals surface area contributed by atoms with Crippen molar-refractivity contribution < 1.29 is 0 Å². The number of nitrogens with zero attached hydrogens (tertiary/aromatic N) is 2. The fraction of sp³-hybridized carbons (Fsp3) is 0.400. The highest BCUT2D eigenvalue weighted by atomic mass is 15.2. The van der Waals surface area contributed by atoms with Gasteiger partial charge in [-0.25, -0.2) is 0 Å². The Labute approximate surface area is 113 Å². The number of para-hydroxylation sites is 1. The number of rotatable bonds is 2. The number of nitriles is 1. The average molecular weight is 254 g/mol. The second-order valence-electron chi connectivity index (χ2n) is 4.96. The van der Waals surface area contributed by atoms with Gasteiger partial charge in [-0.15, -0.1) is 0 Å². The first-order chi connectivity index (χ1) is 9.40. The molecule has 1 unspecified atom stereocenters. The highest BCUT2D eigenvalue weighted by Gasteiger charge is 2.23. The number of aromatic amines is 1. The Morgan fingerprint density at radius 3 is 3.00 bits per heavy atom. The summed E-state index contributed by atoms with van der Waals surface area (Å²) < 4.78 is 0. The molecule has 98 valence electrons. The molecule has 1 aromatic heterocycles. The van der Waals surface area contributed by atoms with E-state index >= 15 is 0 Å². The van der Waals surface area contributed by atoms with E-state index < -0.39 is 0 Å². The van der Waals surface area contributed by atoms with Crippen LogP contribution in [-0.2, 0) is 0 Å². The monoisotopic (exact) mass is 254 g/mol. The zero-order valence-electron chi connectivity index (χ0n) is 10.9. The first kappa shape index (κ1) is 12.2. The number of aromatic nitrogens is 1. The minimum atomic E-state index is -0.156. The Hall–Kier alpha value is -1.83. The van der Waals surface area contributed by atoms with E-state index in [2.05, 4.69) is 33.4 Å². The molecular formula is C15H18N4.